The molecule has 0 unspecified atom stereocenters. The van der Waals surface area contributed by atoms with Crippen LogP contribution in [0.3, 0.4) is 0 Å². The van der Waals surface area contributed by atoms with Crippen molar-refractivity contribution >= 4 is 27.7 Å². The third-order valence-corrected chi connectivity index (χ3v) is 4.04. The van der Waals surface area contributed by atoms with Crippen molar-refractivity contribution in [1.29, 1.82) is 0 Å². The average Bonchev–Trinajstić information content (AvgIpc) is 2.35. The van der Waals surface area contributed by atoms with Crippen molar-refractivity contribution < 1.29 is 0 Å². The van der Waals surface area contributed by atoms with Gasteiger partial charge in [-0.05, 0) is 42.9 Å². The molecule has 0 fully saturated rings. The van der Waals surface area contributed by atoms with Crippen LogP contribution in [0.5, 0.6) is 0 Å². The normalized spacial score (nSPS) is 10.5. The van der Waals surface area contributed by atoms with Crippen LogP contribution in [0.4, 0.5) is 0 Å². The summed E-state index contributed by atoms with van der Waals surface area (Å²) in [5.74, 6) is 0. The van der Waals surface area contributed by atoms with E-state index in [-0.39, 0.29) is 0 Å². The number of hydrogen-bond donors (Lipinski definition) is 1. The van der Waals surface area contributed by atoms with Crippen LogP contribution in [-0.2, 0) is 6.54 Å². The molecule has 0 bridgehead atoms. The zero-order chi connectivity index (χ0) is 12.1. The van der Waals surface area contributed by atoms with E-state index in [0.29, 0.717) is 0 Å². The van der Waals surface area contributed by atoms with Crippen LogP contribution in [0.15, 0.2) is 62.8 Å². The van der Waals surface area contributed by atoms with Gasteiger partial charge in [0.2, 0.25) is 0 Å². The fourth-order valence-electron chi connectivity index (χ4n) is 1.57. The van der Waals surface area contributed by atoms with Gasteiger partial charge in [-0.2, -0.15) is 0 Å². The van der Waals surface area contributed by atoms with Crippen LogP contribution in [-0.4, -0.2) is 7.05 Å². The summed E-state index contributed by atoms with van der Waals surface area (Å²) in [6.07, 6.45) is 0. The summed E-state index contributed by atoms with van der Waals surface area (Å²) in [4.78, 5) is 2.57. The highest BCUT2D eigenvalue weighted by molar-refractivity contribution is 9.10. The van der Waals surface area contributed by atoms with Gasteiger partial charge in [-0.3, -0.25) is 0 Å². The van der Waals surface area contributed by atoms with Crippen molar-refractivity contribution in [3.63, 3.8) is 0 Å². The van der Waals surface area contributed by atoms with Crippen molar-refractivity contribution in [3.05, 3.63) is 58.6 Å². The lowest BCUT2D eigenvalue weighted by Gasteiger charge is -2.08. The number of rotatable bonds is 4. The Hall–Kier alpha value is -0.770. The SMILES string of the molecule is CNCc1ccccc1Sc1ccc(Br)cc1. The third kappa shape index (κ3) is 3.60. The van der Waals surface area contributed by atoms with Gasteiger partial charge in [0.25, 0.3) is 0 Å². The van der Waals surface area contributed by atoms with Crippen molar-refractivity contribution in [2.75, 3.05) is 7.05 Å². The first-order valence-corrected chi connectivity index (χ1v) is 7.06. The van der Waals surface area contributed by atoms with Crippen molar-refractivity contribution in [2.45, 2.75) is 16.3 Å². The lowest BCUT2D eigenvalue weighted by Crippen LogP contribution is -2.05. The minimum Gasteiger partial charge on any atom is -0.316 e. The van der Waals surface area contributed by atoms with Gasteiger partial charge in [-0.1, -0.05) is 45.9 Å². The van der Waals surface area contributed by atoms with Gasteiger partial charge < -0.3 is 5.32 Å². The Labute approximate surface area is 115 Å². The molecule has 88 valence electrons. The molecule has 0 amide bonds. The zero-order valence-corrected chi connectivity index (χ0v) is 12.0. The van der Waals surface area contributed by atoms with Crippen molar-refractivity contribution in [3.8, 4) is 0 Å². The van der Waals surface area contributed by atoms with Crippen LogP contribution in [0.25, 0.3) is 0 Å². The van der Waals surface area contributed by atoms with E-state index >= 15 is 0 Å². The van der Waals surface area contributed by atoms with E-state index in [0.717, 1.165) is 11.0 Å². The molecule has 2 aromatic rings. The van der Waals surface area contributed by atoms with Gasteiger partial charge in [0.1, 0.15) is 0 Å². The highest BCUT2D eigenvalue weighted by Crippen LogP contribution is 2.31. The maximum Gasteiger partial charge on any atom is 0.0213 e. The fourth-order valence-corrected chi connectivity index (χ4v) is 2.78. The van der Waals surface area contributed by atoms with E-state index in [1.807, 2.05) is 7.05 Å². The zero-order valence-electron chi connectivity index (χ0n) is 9.61. The molecular weight excluding hydrogens is 294 g/mol. The molecular formula is C14H14BrNS. The molecule has 0 saturated carbocycles. The highest BCUT2D eigenvalue weighted by Gasteiger charge is 2.02. The number of halogens is 1. The molecule has 0 saturated heterocycles. The minimum absolute atomic E-state index is 0.902. The van der Waals surface area contributed by atoms with Gasteiger partial charge in [0.05, 0.1) is 0 Å². The quantitative estimate of drug-likeness (QED) is 0.903. The number of hydrogen-bond acceptors (Lipinski definition) is 2. The first-order valence-electron chi connectivity index (χ1n) is 5.45. The van der Waals surface area contributed by atoms with E-state index < -0.39 is 0 Å². The number of benzene rings is 2. The molecule has 0 spiro atoms. The molecule has 0 aliphatic heterocycles. The molecule has 0 aromatic heterocycles. The molecule has 0 heterocycles. The van der Waals surface area contributed by atoms with E-state index in [1.54, 1.807) is 11.8 Å². The van der Waals surface area contributed by atoms with Gasteiger partial charge in [0.15, 0.2) is 0 Å². The molecule has 1 nitrogen and oxygen atoms in total. The standard InChI is InChI=1S/C14H14BrNS/c1-16-10-11-4-2-3-5-14(11)17-13-8-6-12(15)7-9-13/h2-9,16H,10H2,1H3. The molecule has 3 heteroatoms. The number of nitrogens with one attached hydrogen (secondary N) is 1. The first-order chi connectivity index (χ1) is 8.29. The van der Waals surface area contributed by atoms with Crippen LogP contribution in [0.1, 0.15) is 5.56 Å². The monoisotopic (exact) mass is 307 g/mol. The molecule has 0 aliphatic carbocycles. The van der Waals surface area contributed by atoms with Crippen LogP contribution in [0.2, 0.25) is 0 Å². The Balaban J connectivity index is 2.20. The van der Waals surface area contributed by atoms with E-state index in [2.05, 4.69) is 69.8 Å². The summed E-state index contributed by atoms with van der Waals surface area (Å²) in [7, 11) is 1.97. The van der Waals surface area contributed by atoms with Crippen LogP contribution >= 0.6 is 27.7 Å². The maximum atomic E-state index is 3.45. The van der Waals surface area contributed by atoms with Crippen LogP contribution in [0, 0.1) is 0 Å². The van der Waals surface area contributed by atoms with Crippen LogP contribution < -0.4 is 5.32 Å². The molecule has 2 aromatic carbocycles. The van der Waals surface area contributed by atoms with Gasteiger partial charge >= 0.3 is 0 Å². The smallest absolute Gasteiger partial charge is 0.0213 e. The lowest BCUT2D eigenvalue weighted by molar-refractivity contribution is 0.803. The van der Waals surface area contributed by atoms with Gasteiger partial charge in [0, 0.05) is 20.8 Å². The largest absolute Gasteiger partial charge is 0.316 e. The summed E-state index contributed by atoms with van der Waals surface area (Å²) >= 11 is 5.25. The first kappa shape index (κ1) is 12.7. The van der Waals surface area contributed by atoms with Gasteiger partial charge in [-0.25, -0.2) is 0 Å². The Morgan fingerprint density at radius 1 is 1.06 bits per heavy atom. The Morgan fingerprint density at radius 3 is 2.47 bits per heavy atom. The highest BCUT2D eigenvalue weighted by atomic mass is 79.9. The average molecular weight is 308 g/mol. The van der Waals surface area contributed by atoms with E-state index in [9.17, 15) is 0 Å². The molecule has 2 rings (SSSR count). The third-order valence-electron chi connectivity index (χ3n) is 2.38. The molecule has 17 heavy (non-hydrogen) atoms. The topological polar surface area (TPSA) is 12.0 Å². The molecule has 0 aliphatic rings. The predicted molar refractivity (Wildman–Crippen MR) is 77.5 cm³/mol. The van der Waals surface area contributed by atoms with E-state index in [4.69, 9.17) is 0 Å². The molecule has 0 atom stereocenters. The molecule has 1 N–H and O–H groups in total. The Bertz CT molecular complexity index is 482. The second-order valence-electron chi connectivity index (χ2n) is 3.69. The van der Waals surface area contributed by atoms with Crippen molar-refractivity contribution in [2.24, 2.45) is 0 Å². The minimum atomic E-state index is 0.902. The second kappa shape index (κ2) is 6.24. The lowest BCUT2D eigenvalue weighted by atomic mass is 10.2. The fraction of sp³-hybridized carbons (Fsp3) is 0.143. The summed E-state index contributed by atoms with van der Waals surface area (Å²) in [6.45, 7) is 0.902. The van der Waals surface area contributed by atoms with Gasteiger partial charge in [-0.15, -0.1) is 0 Å². The second-order valence-corrected chi connectivity index (χ2v) is 5.73. The maximum absolute atomic E-state index is 3.45. The summed E-state index contributed by atoms with van der Waals surface area (Å²) in [6, 6.07) is 16.9. The Morgan fingerprint density at radius 2 is 1.76 bits per heavy atom. The summed E-state index contributed by atoms with van der Waals surface area (Å²) in [5.41, 5.74) is 1.34. The summed E-state index contributed by atoms with van der Waals surface area (Å²) < 4.78 is 1.12. The van der Waals surface area contributed by atoms with E-state index in [1.165, 1.54) is 15.4 Å². The Kier molecular flexibility index (Phi) is 4.66. The predicted octanol–water partition coefficient (Wildman–Crippen LogP) is 4.32. The summed E-state index contributed by atoms with van der Waals surface area (Å²) in [5, 5.41) is 3.20. The van der Waals surface area contributed by atoms with Crippen molar-refractivity contribution in [1.82, 2.24) is 5.32 Å². The molecule has 0 radical (unpaired) electrons.